The van der Waals surface area contributed by atoms with E-state index in [1.54, 1.807) is 32.9 Å². The Morgan fingerprint density at radius 1 is 0.931 bits per heavy atom. The fraction of sp³-hybridized carbons (Fsp3) is 0.333. The molecule has 0 saturated heterocycles. The van der Waals surface area contributed by atoms with Crippen molar-refractivity contribution < 1.29 is 19.4 Å². The molecule has 0 aliphatic heterocycles. The van der Waals surface area contributed by atoms with Crippen molar-refractivity contribution in [3.05, 3.63) is 83.9 Å². The lowest BCUT2D eigenvalue weighted by molar-refractivity contribution is -0.140. The Balaban J connectivity index is 2.14. The zero-order valence-corrected chi connectivity index (χ0v) is 17.2. The summed E-state index contributed by atoms with van der Waals surface area (Å²) in [6.07, 6.45) is 3.79. The minimum Gasteiger partial charge on any atom is -0.481 e. The minimum absolute atomic E-state index is 0.384. The van der Waals surface area contributed by atoms with E-state index < -0.39 is 23.6 Å². The number of alkyl carbamates (subject to hydrolysis) is 1. The standard InChI is InChI=1S/C24H29NO4/c1-24(2,3)29-23(28)25-21(17-19-12-8-5-9-13-19)15-14-20(22(26)27)16-18-10-6-4-7-11-18/h4-15,20-21H,16-17H2,1-3H3,(H,25,28)(H,26,27)/b15-14+/t20-,21-/m1/s1. The molecule has 0 saturated carbocycles. The molecule has 2 N–H and O–H groups in total. The first-order valence-electron chi connectivity index (χ1n) is 9.71. The predicted octanol–water partition coefficient (Wildman–Crippen LogP) is 4.62. The normalized spacial score (nSPS) is 13.6. The Labute approximate surface area is 172 Å². The number of rotatable bonds is 8. The van der Waals surface area contributed by atoms with Crippen molar-refractivity contribution in [2.75, 3.05) is 0 Å². The summed E-state index contributed by atoms with van der Waals surface area (Å²) in [5, 5.41) is 12.4. The van der Waals surface area contributed by atoms with Crippen LogP contribution in [0.2, 0.25) is 0 Å². The Morgan fingerprint density at radius 3 is 1.93 bits per heavy atom. The molecular weight excluding hydrogens is 366 g/mol. The third-order valence-electron chi connectivity index (χ3n) is 4.19. The third-order valence-corrected chi connectivity index (χ3v) is 4.19. The summed E-state index contributed by atoms with van der Waals surface area (Å²) in [7, 11) is 0. The summed E-state index contributed by atoms with van der Waals surface area (Å²) in [6.45, 7) is 5.40. The third kappa shape index (κ3) is 8.64. The largest absolute Gasteiger partial charge is 0.481 e. The fourth-order valence-corrected chi connectivity index (χ4v) is 2.87. The molecule has 0 aromatic heterocycles. The van der Waals surface area contributed by atoms with E-state index in [0.29, 0.717) is 12.8 Å². The van der Waals surface area contributed by atoms with E-state index in [2.05, 4.69) is 5.32 Å². The lowest BCUT2D eigenvalue weighted by Crippen LogP contribution is -2.39. The monoisotopic (exact) mass is 395 g/mol. The quantitative estimate of drug-likeness (QED) is 0.640. The number of carbonyl (C=O) groups excluding carboxylic acids is 1. The van der Waals surface area contributed by atoms with Crippen molar-refractivity contribution in [3.8, 4) is 0 Å². The molecule has 0 heterocycles. The number of benzene rings is 2. The molecule has 2 aromatic rings. The molecule has 0 radical (unpaired) electrons. The summed E-state index contributed by atoms with van der Waals surface area (Å²) in [5.74, 6) is -1.59. The topological polar surface area (TPSA) is 75.6 Å². The van der Waals surface area contributed by atoms with Crippen LogP contribution in [0.3, 0.4) is 0 Å². The molecule has 29 heavy (non-hydrogen) atoms. The van der Waals surface area contributed by atoms with Crippen LogP contribution in [0.1, 0.15) is 31.9 Å². The molecule has 0 unspecified atom stereocenters. The summed E-state index contributed by atoms with van der Waals surface area (Å²) in [5.41, 5.74) is 1.37. The first kappa shape index (κ1) is 22.2. The van der Waals surface area contributed by atoms with Crippen molar-refractivity contribution in [3.63, 3.8) is 0 Å². The first-order valence-corrected chi connectivity index (χ1v) is 9.71. The Morgan fingerprint density at radius 2 is 1.45 bits per heavy atom. The predicted molar refractivity (Wildman–Crippen MR) is 114 cm³/mol. The molecular formula is C24H29NO4. The number of carboxylic acid groups (broad SMARTS) is 1. The SMILES string of the molecule is CC(C)(C)OC(=O)N[C@H](/C=C/[C@H](Cc1ccccc1)C(=O)O)Cc1ccccc1. The Kier molecular flexibility index (Phi) is 8.01. The average Bonchev–Trinajstić information content (AvgIpc) is 2.64. The van der Waals surface area contributed by atoms with Gasteiger partial charge in [0, 0.05) is 0 Å². The highest BCUT2D eigenvalue weighted by Crippen LogP contribution is 2.13. The number of aliphatic carboxylic acids is 1. The number of ether oxygens (including phenoxy) is 1. The van der Waals surface area contributed by atoms with Gasteiger partial charge in [0.1, 0.15) is 5.60 Å². The summed E-state index contributed by atoms with van der Waals surface area (Å²) in [4.78, 5) is 24.0. The maximum absolute atomic E-state index is 12.2. The molecule has 154 valence electrons. The van der Waals surface area contributed by atoms with Gasteiger partial charge in [-0.15, -0.1) is 0 Å². The van der Waals surface area contributed by atoms with E-state index in [-0.39, 0.29) is 6.04 Å². The van der Waals surface area contributed by atoms with Gasteiger partial charge in [-0.05, 0) is 44.7 Å². The van der Waals surface area contributed by atoms with Gasteiger partial charge in [-0.2, -0.15) is 0 Å². The summed E-state index contributed by atoms with van der Waals surface area (Å²) < 4.78 is 5.36. The van der Waals surface area contributed by atoms with E-state index >= 15 is 0 Å². The number of nitrogens with one attached hydrogen (secondary N) is 1. The molecule has 5 nitrogen and oxygen atoms in total. The maximum atomic E-state index is 12.2. The van der Waals surface area contributed by atoms with Gasteiger partial charge in [0.05, 0.1) is 12.0 Å². The molecule has 2 aromatic carbocycles. The van der Waals surface area contributed by atoms with Gasteiger partial charge in [-0.1, -0.05) is 72.8 Å². The lowest BCUT2D eigenvalue weighted by atomic mass is 9.97. The molecule has 2 rings (SSSR count). The molecule has 5 heteroatoms. The number of amides is 1. The van der Waals surface area contributed by atoms with Gasteiger partial charge in [0.2, 0.25) is 0 Å². The van der Waals surface area contributed by atoms with Crippen LogP contribution in [0.15, 0.2) is 72.8 Å². The second-order valence-electron chi connectivity index (χ2n) is 7.96. The number of carbonyl (C=O) groups is 2. The first-order chi connectivity index (χ1) is 13.7. The van der Waals surface area contributed by atoms with Gasteiger partial charge >= 0.3 is 12.1 Å². The molecule has 0 spiro atoms. The summed E-state index contributed by atoms with van der Waals surface area (Å²) >= 11 is 0. The summed E-state index contributed by atoms with van der Waals surface area (Å²) in [6, 6.07) is 18.8. The highest BCUT2D eigenvalue weighted by atomic mass is 16.6. The zero-order chi connectivity index (χ0) is 21.3. The van der Waals surface area contributed by atoms with Crippen LogP contribution < -0.4 is 5.32 Å². The van der Waals surface area contributed by atoms with Gasteiger partial charge < -0.3 is 15.2 Å². The van der Waals surface area contributed by atoms with Crippen LogP contribution in [0, 0.1) is 5.92 Å². The van der Waals surface area contributed by atoms with Crippen molar-refractivity contribution in [2.45, 2.75) is 45.3 Å². The van der Waals surface area contributed by atoms with Gasteiger partial charge in [-0.25, -0.2) is 4.79 Å². The van der Waals surface area contributed by atoms with Crippen molar-refractivity contribution in [2.24, 2.45) is 5.92 Å². The van der Waals surface area contributed by atoms with Gasteiger partial charge in [0.15, 0.2) is 0 Å². The van der Waals surface area contributed by atoms with Gasteiger partial charge in [0.25, 0.3) is 0 Å². The van der Waals surface area contributed by atoms with Crippen LogP contribution in [-0.4, -0.2) is 28.8 Å². The smallest absolute Gasteiger partial charge is 0.408 e. The fourth-order valence-electron chi connectivity index (χ4n) is 2.87. The second-order valence-corrected chi connectivity index (χ2v) is 7.96. The molecule has 1 amide bonds. The average molecular weight is 395 g/mol. The molecule has 2 atom stereocenters. The van der Waals surface area contributed by atoms with Gasteiger partial charge in [-0.3, -0.25) is 4.79 Å². The van der Waals surface area contributed by atoms with Crippen molar-refractivity contribution >= 4 is 12.1 Å². The number of hydrogen-bond donors (Lipinski definition) is 2. The molecule has 0 fully saturated rings. The Bertz CT molecular complexity index is 810. The molecule has 0 bridgehead atoms. The van der Waals surface area contributed by atoms with Crippen LogP contribution in [0.25, 0.3) is 0 Å². The van der Waals surface area contributed by atoms with Crippen LogP contribution in [0.5, 0.6) is 0 Å². The van der Waals surface area contributed by atoms with Crippen LogP contribution in [0.4, 0.5) is 4.79 Å². The van der Waals surface area contributed by atoms with Crippen LogP contribution >= 0.6 is 0 Å². The van der Waals surface area contributed by atoms with E-state index in [1.165, 1.54) is 0 Å². The Hall–Kier alpha value is -3.08. The number of hydrogen-bond acceptors (Lipinski definition) is 3. The lowest BCUT2D eigenvalue weighted by Gasteiger charge is -2.22. The van der Waals surface area contributed by atoms with Crippen molar-refractivity contribution in [1.29, 1.82) is 0 Å². The van der Waals surface area contributed by atoms with E-state index in [0.717, 1.165) is 11.1 Å². The van der Waals surface area contributed by atoms with Crippen molar-refractivity contribution in [1.82, 2.24) is 5.32 Å². The maximum Gasteiger partial charge on any atom is 0.408 e. The highest BCUT2D eigenvalue weighted by molar-refractivity contribution is 5.73. The van der Waals surface area contributed by atoms with E-state index in [1.807, 2.05) is 60.7 Å². The molecule has 0 aliphatic rings. The highest BCUT2D eigenvalue weighted by Gasteiger charge is 2.20. The minimum atomic E-state index is -0.902. The van der Waals surface area contributed by atoms with E-state index in [9.17, 15) is 14.7 Å². The van der Waals surface area contributed by atoms with Crippen LogP contribution in [-0.2, 0) is 22.4 Å². The number of carboxylic acids is 1. The van der Waals surface area contributed by atoms with E-state index in [4.69, 9.17) is 4.74 Å². The molecule has 0 aliphatic carbocycles. The second kappa shape index (κ2) is 10.5. The zero-order valence-electron chi connectivity index (χ0n) is 17.2.